The second-order valence-corrected chi connectivity index (χ2v) is 7.92. The molecular weight excluding hydrogens is 451 g/mol. The molecule has 1 saturated heterocycles. The number of Topliss-reactive ketones (excluding diaryl/α,β-unsaturated/α-hetero) is 1. The molecule has 178 valence electrons. The van der Waals surface area contributed by atoms with Crippen LogP contribution in [0.2, 0.25) is 0 Å². The zero-order valence-electron chi connectivity index (χ0n) is 18.1. The number of anilines is 1. The molecule has 11 heteroatoms. The number of nitrogens with one attached hydrogen (secondary N) is 1. The third kappa shape index (κ3) is 4.29. The molecular formula is C22H21F5N2O4. The minimum atomic E-state index is -4.87. The van der Waals surface area contributed by atoms with Crippen molar-refractivity contribution in [2.45, 2.75) is 44.6 Å². The van der Waals surface area contributed by atoms with Gasteiger partial charge in [-0.1, -0.05) is 13.0 Å². The molecule has 1 aromatic carbocycles. The number of carbonyl (C=O) groups is 2. The van der Waals surface area contributed by atoms with E-state index in [0.29, 0.717) is 0 Å². The van der Waals surface area contributed by atoms with Crippen molar-refractivity contribution in [2.75, 3.05) is 12.4 Å². The van der Waals surface area contributed by atoms with E-state index in [1.54, 1.807) is 0 Å². The highest BCUT2D eigenvalue weighted by molar-refractivity contribution is 5.97. The monoisotopic (exact) mass is 472 g/mol. The first-order valence-corrected chi connectivity index (χ1v) is 9.86. The molecule has 1 aliphatic rings. The number of nitrogens with zero attached hydrogens (tertiary/aromatic N) is 1. The molecule has 3 rings (SSSR count). The maximum atomic E-state index is 14.4. The summed E-state index contributed by atoms with van der Waals surface area (Å²) in [7, 11) is 1.04. The van der Waals surface area contributed by atoms with Crippen LogP contribution in [0, 0.1) is 17.6 Å². The summed E-state index contributed by atoms with van der Waals surface area (Å²) in [6, 6.07) is 4.43. The van der Waals surface area contributed by atoms with Gasteiger partial charge >= 0.3 is 6.18 Å². The Bertz CT molecular complexity index is 1090. The highest BCUT2D eigenvalue weighted by Crippen LogP contribution is 2.55. The summed E-state index contributed by atoms with van der Waals surface area (Å²) in [5.41, 5.74) is -2.77. The third-order valence-corrected chi connectivity index (χ3v) is 5.96. The fraction of sp³-hybridized carbons (Fsp3) is 0.409. The van der Waals surface area contributed by atoms with Crippen LogP contribution in [-0.4, -0.2) is 41.7 Å². The standard InChI is InChI=1S/C22H21F5N2O4/c1-10-16(13-5-6-14(23)17(24)18(13)32-4)19(33-21(10,3)22(25,26)27)20(31)29-12-7-8-28-15(9-12)11(2)30/h5-10,16,19H,1-4H3,(H,28,29,31)/t10-,16-,19?,21+/m1/s1. The largest absolute Gasteiger partial charge is 0.493 e. The minimum absolute atomic E-state index is 0.0347. The molecule has 1 unspecified atom stereocenters. The Morgan fingerprint density at radius 1 is 1.21 bits per heavy atom. The van der Waals surface area contributed by atoms with Gasteiger partial charge in [-0.25, -0.2) is 4.39 Å². The van der Waals surface area contributed by atoms with Gasteiger partial charge in [-0.05, 0) is 25.1 Å². The Kier molecular flexibility index (Phi) is 6.47. The number of alkyl halides is 3. The lowest BCUT2D eigenvalue weighted by Crippen LogP contribution is -2.47. The van der Waals surface area contributed by atoms with E-state index in [0.717, 1.165) is 26.2 Å². The predicted octanol–water partition coefficient (Wildman–Crippen LogP) is 4.65. The van der Waals surface area contributed by atoms with Gasteiger partial charge in [0, 0.05) is 36.2 Å². The van der Waals surface area contributed by atoms with Crippen molar-refractivity contribution in [1.82, 2.24) is 4.98 Å². The van der Waals surface area contributed by atoms with Crippen molar-refractivity contribution in [3.05, 3.63) is 53.4 Å². The van der Waals surface area contributed by atoms with Crippen molar-refractivity contribution in [3.63, 3.8) is 0 Å². The maximum absolute atomic E-state index is 14.4. The molecule has 0 aliphatic carbocycles. The number of hydrogen-bond donors (Lipinski definition) is 1. The Morgan fingerprint density at radius 3 is 2.45 bits per heavy atom. The number of hydrogen-bond acceptors (Lipinski definition) is 5. The third-order valence-electron chi connectivity index (χ3n) is 5.96. The van der Waals surface area contributed by atoms with Crippen molar-refractivity contribution in [1.29, 1.82) is 0 Å². The molecule has 1 N–H and O–H groups in total. The molecule has 2 aromatic rings. The Balaban J connectivity index is 2.07. The Labute approximate surface area is 186 Å². The zero-order chi connectivity index (χ0) is 24.7. The van der Waals surface area contributed by atoms with Gasteiger partial charge in [-0.15, -0.1) is 0 Å². The summed E-state index contributed by atoms with van der Waals surface area (Å²) < 4.78 is 80.2. The predicted molar refractivity (Wildman–Crippen MR) is 107 cm³/mol. The van der Waals surface area contributed by atoms with Crippen LogP contribution in [0.1, 0.15) is 42.7 Å². The minimum Gasteiger partial charge on any atom is -0.493 e. The second-order valence-electron chi connectivity index (χ2n) is 7.92. The molecule has 1 aliphatic heterocycles. The lowest BCUT2D eigenvalue weighted by molar-refractivity contribution is -0.272. The summed E-state index contributed by atoms with van der Waals surface area (Å²) in [5.74, 6) is -7.31. The first-order chi connectivity index (χ1) is 15.3. The molecule has 1 amide bonds. The average molecular weight is 472 g/mol. The first kappa shape index (κ1) is 24.6. The van der Waals surface area contributed by atoms with Crippen molar-refractivity contribution < 1.29 is 41.0 Å². The molecule has 0 spiro atoms. The van der Waals surface area contributed by atoms with E-state index in [1.807, 2.05) is 0 Å². The number of ketones is 1. The number of methoxy groups -OCH3 is 1. The number of ether oxygens (including phenoxy) is 2. The summed E-state index contributed by atoms with van der Waals surface area (Å²) in [6.45, 7) is 3.27. The van der Waals surface area contributed by atoms with Gasteiger partial charge in [0.15, 0.2) is 23.0 Å². The Morgan fingerprint density at radius 2 is 1.88 bits per heavy atom. The molecule has 6 nitrogen and oxygen atoms in total. The quantitative estimate of drug-likeness (QED) is 0.507. The molecule has 0 bridgehead atoms. The van der Waals surface area contributed by atoms with Crippen molar-refractivity contribution >= 4 is 17.4 Å². The van der Waals surface area contributed by atoms with E-state index >= 15 is 0 Å². The molecule has 4 atom stereocenters. The molecule has 0 radical (unpaired) electrons. The van der Waals surface area contributed by atoms with E-state index in [4.69, 9.17) is 9.47 Å². The highest BCUT2D eigenvalue weighted by atomic mass is 19.4. The summed E-state index contributed by atoms with van der Waals surface area (Å²) in [5, 5.41) is 2.42. The van der Waals surface area contributed by atoms with Gasteiger partial charge in [-0.3, -0.25) is 14.6 Å². The summed E-state index contributed by atoms with van der Waals surface area (Å²) in [4.78, 5) is 28.5. The van der Waals surface area contributed by atoms with Crippen LogP contribution in [0.5, 0.6) is 5.75 Å². The van der Waals surface area contributed by atoms with E-state index in [1.165, 1.54) is 32.2 Å². The highest BCUT2D eigenvalue weighted by Gasteiger charge is 2.65. The van der Waals surface area contributed by atoms with Crippen molar-refractivity contribution in [2.24, 2.45) is 5.92 Å². The van der Waals surface area contributed by atoms with E-state index in [2.05, 4.69) is 10.3 Å². The van der Waals surface area contributed by atoms with E-state index in [9.17, 15) is 31.5 Å². The number of halogens is 5. The van der Waals surface area contributed by atoms with Gasteiger partial charge in [0.25, 0.3) is 5.91 Å². The lowest BCUT2D eigenvalue weighted by Gasteiger charge is -2.32. The maximum Gasteiger partial charge on any atom is 0.417 e. The Hall–Kier alpha value is -3.08. The normalized spacial score (nSPS) is 25.1. The lowest BCUT2D eigenvalue weighted by atomic mass is 9.77. The smallest absolute Gasteiger partial charge is 0.417 e. The number of aromatic nitrogens is 1. The van der Waals surface area contributed by atoms with E-state index < -0.39 is 53.0 Å². The SMILES string of the molecule is COc1c([C@@H]2C(C(=O)Nc3ccnc(C(C)=O)c3)O[C@](C)(C(F)(F)F)[C@@H]2C)ccc(F)c1F. The second kappa shape index (κ2) is 8.69. The van der Waals surface area contributed by atoms with Gasteiger partial charge in [-0.2, -0.15) is 17.6 Å². The first-order valence-electron chi connectivity index (χ1n) is 9.86. The number of carbonyl (C=O) groups excluding carboxylic acids is 2. The molecule has 0 saturated carbocycles. The molecule has 1 aromatic heterocycles. The molecule has 2 heterocycles. The average Bonchev–Trinajstić information content (AvgIpc) is 3.02. The van der Waals surface area contributed by atoms with Crippen LogP contribution in [0.25, 0.3) is 0 Å². The molecule has 33 heavy (non-hydrogen) atoms. The number of benzene rings is 1. The van der Waals surface area contributed by atoms with Gasteiger partial charge in [0.05, 0.1) is 7.11 Å². The fourth-order valence-corrected chi connectivity index (χ4v) is 3.95. The number of rotatable bonds is 5. The number of pyridine rings is 1. The van der Waals surface area contributed by atoms with Gasteiger partial charge in [0.1, 0.15) is 11.8 Å². The van der Waals surface area contributed by atoms with Crippen LogP contribution in [0.15, 0.2) is 30.5 Å². The zero-order valence-corrected chi connectivity index (χ0v) is 18.1. The topological polar surface area (TPSA) is 77.5 Å². The summed E-state index contributed by atoms with van der Waals surface area (Å²) in [6.07, 6.45) is -5.36. The number of amides is 1. The van der Waals surface area contributed by atoms with Gasteiger partial charge in [0.2, 0.25) is 5.82 Å². The fourth-order valence-electron chi connectivity index (χ4n) is 3.95. The summed E-state index contributed by atoms with van der Waals surface area (Å²) >= 11 is 0. The van der Waals surface area contributed by atoms with Crippen LogP contribution in [0.4, 0.5) is 27.6 Å². The molecule has 1 fully saturated rings. The van der Waals surface area contributed by atoms with E-state index in [-0.39, 0.29) is 22.7 Å². The van der Waals surface area contributed by atoms with Crippen LogP contribution in [-0.2, 0) is 9.53 Å². The van der Waals surface area contributed by atoms with Crippen LogP contribution >= 0.6 is 0 Å². The van der Waals surface area contributed by atoms with Crippen LogP contribution < -0.4 is 10.1 Å². The van der Waals surface area contributed by atoms with Crippen LogP contribution in [0.3, 0.4) is 0 Å². The van der Waals surface area contributed by atoms with Crippen molar-refractivity contribution in [3.8, 4) is 5.75 Å². The van der Waals surface area contributed by atoms with Gasteiger partial charge < -0.3 is 14.8 Å².